The lowest BCUT2D eigenvalue weighted by atomic mass is 10.1. The highest BCUT2D eigenvalue weighted by molar-refractivity contribution is 8.04. The van der Waals surface area contributed by atoms with Gasteiger partial charge in [0.25, 0.3) is 11.8 Å². The third kappa shape index (κ3) is 5.92. The fourth-order valence-electron chi connectivity index (χ4n) is 3.40. The molecule has 0 fully saturated rings. The molecule has 164 valence electrons. The van der Waals surface area contributed by atoms with Crippen molar-refractivity contribution in [1.82, 2.24) is 4.90 Å². The van der Waals surface area contributed by atoms with Crippen molar-refractivity contribution < 1.29 is 14.3 Å². The van der Waals surface area contributed by atoms with Crippen LogP contribution in [0, 0.1) is 0 Å². The predicted molar refractivity (Wildman–Crippen MR) is 127 cm³/mol. The summed E-state index contributed by atoms with van der Waals surface area (Å²) in [5, 5.41) is 0.630. The largest absolute Gasteiger partial charge is 0.491 e. The molecule has 0 spiro atoms. The molecule has 0 unspecified atom stereocenters. The highest BCUT2D eigenvalue weighted by atomic mass is 35.5. The Labute approximate surface area is 193 Å². The van der Waals surface area contributed by atoms with Crippen LogP contribution in [0.2, 0.25) is 5.02 Å². The first-order chi connectivity index (χ1) is 14.9. The Morgan fingerprint density at radius 3 is 2.23 bits per heavy atom. The van der Waals surface area contributed by atoms with Crippen LogP contribution in [-0.4, -0.2) is 29.4 Å². The van der Waals surface area contributed by atoms with Crippen LogP contribution in [-0.2, 0) is 9.59 Å². The molecule has 1 aliphatic heterocycles. The molecule has 1 heterocycles. The molecule has 0 atom stereocenters. The van der Waals surface area contributed by atoms with E-state index >= 15 is 0 Å². The van der Waals surface area contributed by atoms with Gasteiger partial charge in [0.2, 0.25) is 0 Å². The average Bonchev–Trinajstić information content (AvgIpc) is 2.97. The summed E-state index contributed by atoms with van der Waals surface area (Å²) in [6.07, 6.45) is 4.09. The Morgan fingerprint density at radius 2 is 1.61 bits per heavy atom. The van der Waals surface area contributed by atoms with Gasteiger partial charge in [-0.2, -0.15) is 0 Å². The molecule has 3 rings (SSSR count). The molecule has 1 aliphatic rings. The van der Waals surface area contributed by atoms with Gasteiger partial charge in [-0.3, -0.25) is 14.5 Å². The Bertz CT molecular complexity index is 952. The van der Waals surface area contributed by atoms with Gasteiger partial charge in [0.1, 0.15) is 5.75 Å². The molecule has 31 heavy (non-hydrogen) atoms. The summed E-state index contributed by atoms with van der Waals surface area (Å²) in [5.74, 6) is 0.286. The first-order valence-corrected chi connectivity index (χ1v) is 11.9. The second kappa shape index (κ2) is 10.9. The normalized spacial score (nSPS) is 14.2. The number of amides is 2. The fraction of sp³-hybridized carbons (Fsp3) is 0.360. The van der Waals surface area contributed by atoms with Crippen molar-refractivity contribution >= 4 is 40.8 Å². The van der Waals surface area contributed by atoms with E-state index in [1.165, 1.54) is 16.7 Å². The second-order valence-corrected chi connectivity index (χ2v) is 9.29. The van der Waals surface area contributed by atoms with Crippen molar-refractivity contribution in [2.75, 3.05) is 6.54 Å². The molecule has 0 aliphatic carbocycles. The van der Waals surface area contributed by atoms with E-state index in [1.807, 2.05) is 50.2 Å². The molecule has 2 amide bonds. The number of ether oxygens (including phenoxy) is 1. The smallest absolute Gasteiger partial charge is 0.268 e. The quantitative estimate of drug-likeness (QED) is 0.298. The van der Waals surface area contributed by atoms with Crippen LogP contribution in [0.3, 0.4) is 0 Å². The molecular formula is C25H28ClNO3S. The van der Waals surface area contributed by atoms with Crippen LogP contribution in [0.5, 0.6) is 5.75 Å². The number of thioether (sulfide) groups is 1. The van der Waals surface area contributed by atoms with E-state index in [0.717, 1.165) is 41.9 Å². The minimum Gasteiger partial charge on any atom is -0.491 e. The van der Waals surface area contributed by atoms with Gasteiger partial charge in [-0.15, -0.1) is 0 Å². The van der Waals surface area contributed by atoms with E-state index in [9.17, 15) is 9.59 Å². The molecule has 4 nitrogen and oxygen atoms in total. The van der Waals surface area contributed by atoms with E-state index in [2.05, 4.69) is 6.92 Å². The number of rotatable bonds is 10. The molecule has 0 saturated heterocycles. The van der Waals surface area contributed by atoms with Crippen LogP contribution in [0.25, 0.3) is 5.57 Å². The van der Waals surface area contributed by atoms with Gasteiger partial charge < -0.3 is 4.74 Å². The van der Waals surface area contributed by atoms with Gasteiger partial charge in [0.05, 0.1) is 16.6 Å². The Morgan fingerprint density at radius 1 is 0.935 bits per heavy atom. The number of hydrogen-bond donors (Lipinski definition) is 0. The summed E-state index contributed by atoms with van der Waals surface area (Å²) >= 11 is 7.31. The predicted octanol–water partition coefficient (Wildman–Crippen LogP) is 6.58. The maximum absolute atomic E-state index is 13.3. The summed E-state index contributed by atoms with van der Waals surface area (Å²) in [6, 6.07) is 14.7. The molecule has 2 aromatic rings. The third-order valence-electron chi connectivity index (χ3n) is 4.91. The number of imide groups is 1. The zero-order chi connectivity index (χ0) is 22.4. The molecule has 0 radical (unpaired) electrons. The highest BCUT2D eigenvalue weighted by Crippen LogP contribution is 2.40. The van der Waals surface area contributed by atoms with Crippen molar-refractivity contribution in [2.45, 2.75) is 57.5 Å². The summed E-state index contributed by atoms with van der Waals surface area (Å²) < 4.78 is 5.71. The molecule has 0 saturated carbocycles. The van der Waals surface area contributed by atoms with Gasteiger partial charge in [0.15, 0.2) is 0 Å². The van der Waals surface area contributed by atoms with Crippen molar-refractivity contribution in [3.05, 3.63) is 64.0 Å². The number of halogens is 1. The van der Waals surface area contributed by atoms with Gasteiger partial charge in [-0.25, -0.2) is 0 Å². The summed E-state index contributed by atoms with van der Waals surface area (Å²) in [6.45, 7) is 6.51. The molecule has 0 bridgehead atoms. The number of carbonyl (C=O) groups is 2. The fourth-order valence-corrected chi connectivity index (χ4v) is 4.53. The maximum Gasteiger partial charge on any atom is 0.268 e. The van der Waals surface area contributed by atoms with Crippen LogP contribution >= 0.6 is 23.4 Å². The summed E-state index contributed by atoms with van der Waals surface area (Å²) in [4.78, 5) is 29.2. The lowest BCUT2D eigenvalue weighted by molar-refractivity contribution is -0.136. The highest BCUT2D eigenvalue weighted by Gasteiger charge is 2.39. The second-order valence-electron chi connectivity index (χ2n) is 7.77. The van der Waals surface area contributed by atoms with Gasteiger partial charge >= 0.3 is 0 Å². The van der Waals surface area contributed by atoms with E-state index in [0.29, 0.717) is 22.0 Å². The summed E-state index contributed by atoms with van der Waals surface area (Å²) in [5.41, 5.74) is 1.18. The number of nitrogens with zero attached hydrogens (tertiary/aromatic N) is 1. The van der Waals surface area contributed by atoms with Crippen LogP contribution < -0.4 is 4.74 Å². The standard InChI is InChI=1S/C25H28ClNO3S/c1-4-5-6-7-16-27-24(28)22(18-8-12-20(13-9-18)30-17(2)3)23(25(27)29)31-21-14-10-19(26)11-15-21/h8-15,17H,4-7,16H2,1-3H3. The minimum atomic E-state index is -0.226. The van der Waals surface area contributed by atoms with E-state index in [-0.39, 0.29) is 17.9 Å². The molecule has 0 aromatic heterocycles. The van der Waals surface area contributed by atoms with Crippen LogP contribution in [0.1, 0.15) is 52.0 Å². The molecule has 6 heteroatoms. The molecule has 0 N–H and O–H groups in total. The minimum absolute atomic E-state index is 0.0642. The third-order valence-corrected chi connectivity index (χ3v) is 6.25. The maximum atomic E-state index is 13.3. The first-order valence-electron chi connectivity index (χ1n) is 10.7. The van der Waals surface area contributed by atoms with Crippen LogP contribution in [0.4, 0.5) is 0 Å². The molecular weight excluding hydrogens is 430 g/mol. The van der Waals surface area contributed by atoms with Crippen molar-refractivity contribution in [1.29, 1.82) is 0 Å². The monoisotopic (exact) mass is 457 g/mol. The number of carbonyl (C=O) groups excluding carboxylic acids is 2. The van der Waals surface area contributed by atoms with Crippen molar-refractivity contribution in [3.63, 3.8) is 0 Å². The zero-order valence-electron chi connectivity index (χ0n) is 18.2. The number of benzene rings is 2. The average molecular weight is 458 g/mol. The lowest BCUT2D eigenvalue weighted by Gasteiger charge is -2.15. The SMILES string of the molecule is CCCCCCN1C(=O)C(Sc2ccc(Cl)cc2)=C(c2ccc(OC(C)C)cc2)C1=O. The first kappa shape index (κ1) is 23.4. The van der Waals surface area contributed by atoms with Gasteiger partial charge in [0, 0.05) is 16.5 Å². The van der Waals surface area contributed by atoms with Crippen LogP contribution in [0.15, 0.2) is 58.3 Å². The Balaban J connectivity index is 1.91. The van der Waals surface area contributed by atoms with E-state index in [4.69, 9.17) is 16.3 Å². The van der Waals surface area contributed by atoms with Gasteiger partial charge in [-0.05, 0) is 62.2 Å². The molecule has 2 aromatic carbocycles. The van der Waals surface area contributed by atoms with E-state index < -0.39 is 0 Å². The topological polar surface area (TPSA) is 46.6 Å². The zero-order valence-corrected chi connectivity index (χ0v) is 19.8. The Kier molecular flexibility index (Phi) is 8.22. The van der Waals surface area contributed by atoms with E-state index in [1.54, 1.807) is 12.1 Å². The van der Waals surface area contributed by atoms with Gasteiger partial charge in [-0.1, -0.05) is 61.7 Å². The van der Waals surface area contributed by atoms with Crippen molar-refractivity contribution in [2.24, 2.45) is 0 Å². The van der Waals surface area contributed by atoms with Crippen molar-refractivity contribution in [3.8, 4) is 5.75 Å². The number of hydrogen-bond acceptors (Lipinski definition) is 4. The Hall–Kier alpha value is -2.24. The number of unbranched alkanes of at least 4 members (excludes halogenated alkanes) is 3. The summed E-state index contributed by atoms with van der Waals surface area (Å²) in [7, 11) is 0. The lowest BCUT2D eigenvalue weighted by Crippen LogP contribution is -2.32.